The molecule has 2 heterocycles. The third kappa shape index (κ3) is 3.87. The molecule has 0 bridgehead atoms. The van der Waals surface area contributed by atoms with Crippen molar-refractivity contribution in [3.63, 3.8) is 0 Å². The van der Waals surface area contributed by atoms with Gasteiger partial charge < -0.3 is 4.90 Å². The Morgan fingerprint density at radius 3 is 2.43 bits per heavy atom. The number of hydrogen-bond donors (Lipinski definition) is 0. The zero-order chi connectivity index (χ0) is 19.5. The lowest BCUT2D eigenvalue weighted by Gasteiger charge is -2.19. The molecule has 0 N–H and O–H groups in total. The number of thioether (sulfide) groups is 1. The maximum Gasteiger partial charge on any atom is 0.254 e. The average molecular weight is 390 g/mol. The minimum absolute atomic E-state index is 0.637. The van der Waals surface area contributed by atoms with Gasteiger partial charge in [0.15, 0.2) is 0 Å². The highest BCUT2D eigenvalue weighted by atomic mass is 32.2. The number of aromatic nitrogens is 4. The minimum atomic E-state index is 0.637. The van der Waals surface area contributed by atoms with Crippen molar-refractivity contribution < 1.29 is 0 Å². The summed E-state index contributed by atoms with van der Waals surface area (Å²) >= 11 is 1.86. The van der Waals surface area contributed by atoms with E-state index < -0.39 is 0 Å². The number of anilines is 1. The molecule has 4 rings (SSSR count). The number of fused-ring (bicyclic) bond motifs is 1. The predicted octanol–water partition coefficient (Wildman–Crippen LogP) is 4.38. The highest BCUT2D eigenvalue weighted by Gasteiger charge is 2.16. The molecule has 0 unspecified atom stereocenters. The van der Waals surface area contributed by atoms with Crippen molar-refractivity contribution in [2.45, 2.75) is 24.0 Å². The Bertz CT molecular complexity index is 1070. The fourth-order valence-corrected chi connectivity index (χ4v) is 4.14. The topological polar surface area (TPSA) is 46.3 Å². The third-order valence-electron chi connectivity index (χ3n) is 4.68. The Kier molecular flexibility index (Phi) is 5.30. The van der Waals surface area contributed by atoms with Crippen LogP contribution in [0.1, 0.15) is 22.4 Å². The Labute approximate surface area is 169 Å². The second-order valence-corrected chi connectivity index (χ2v) is 8.01. The first-order valence-corrected chi connectivity index (χ1v) is 10.2. The summed E-state index contributed by atoms with van der Waals surface area (Å²) in [5, 5.41) is 4.35. The number of aryl methyl sites for hydroxylation is 1. The molecule has 6 heteroatoms. The van der Waals surface area contributed by atoms with Gasteiger partial charge in [0.25, 0.3) is 5.78 Å². The van der Waals surface area contributed by atoms with Gasteiger partial charge >= 0.3 is 0 Å². The maximum absolute atomic E-state index is 4.61. The molecule has 0 fully saturated rings. The van der Waals surface area contributed by atoms with Gasteiger partial charge in [-0.3, -0.25) is 0 Å². The van der Waals surface area contributed by atoms with Crippen molar-refractivity contribution in [1.29, 1.82) is 0 Å². The van der Waals surface area contributed by atoms with Gasteiger partial charge in [-0.15, -0.1) is 11.8 Å². The van der Waals surface area contributed by atoms with Crippen LogP contribution in [-0.4, -0.2) is 33.7 Å². The van der Waals surface area contributed by atoms with Gasteiger partial charge in [-0.2, -0.15) is 14.6 Å². The highest BCUT2D eigenvalue weighted by molar-refractivity contribution is 7.98. The van der Waals surface area contributed by atoms with Crippen LogP contribution in [0.3, 0.4) is 0 Å². The molecular weight excluding hydrogens is 366 g/mol. The van der Waals surface area contributed by atoms with Crippen molar-refractivity contribution in [2.24, 2.45) is 0 Å². The largest absolute Gasteiger partial charge is 0.362 e. The van der Waals surface area contributed by atoms with Crippen LogP contribution in [0.4, 0.5) is 5.82 Å². The monoisotopic (exact) mass is 389 g/mol. The van der Waals surface area contributed by atoms with Crippen LogP contribution in [0.25, 0.3) is 5.78 Å². The standard InChI is InChI=1S/C22H23N5S/c1-16-20(21(26(2)3)27-22(25-16)23-15-24-27)13-17-9-11-19(12-10-17)28-14-18-7-5-4-6-8-18/h4-12,15H,13-14H2,1-3H3. The van der Waals surface area contributed by atoms with Gasteiger partial charge in [-0.25, -0.2) is 4.98 Å². The lowest BCUT2D eigenvalue weighted by Crippen LogP contribution is -2.18. The average Bonchev–Trinajstić information content (AvgIpc) is 3.16. The first-order valence-electron chi connectivity index (χ1n) is 9.24. The van der Waals surface area contributed by atoms with Crippen LogP contribution in [0.5, 0.6) is 0 Å². The number of benzene rings is 2. The second kappa shape index (κ2) is 8.02. The van der Waals surface area contributed by atoms with Gasteiger partial charge in [0.05, 0.1) is 0 Å². The predicted molar refractivity (Wildman–Crippen MR) is 115 cm³/mol. The summed E-state index contributed by atoms with van der Waals surface area (Å²) in [5.41, 5.74) is 4.77. The molecule has 2 aromatic carbocycles. The van der Waals surface area contributed by atoms with E-state index in [0.717, 1.165) is 23.7 Å². The zero-order valence-electron chi connectivity index (χ0n) is 16.3. The summed E-state index contributed by atoms with van der Waals surface area (Å²) in [6.07, 6.45) is 2.36. The molecule has 0 saturated carbocycles. The molecule has 0 aliphatic rings. The first kappa shape index (κ1) is 18.5. The summed E-state index contributed by atoms with van der Waals surface area (Å²) in [6, 6.07) is 19.4. The molecule has 0 saturated heterocycles. The first-order chi connectivity index (χ1) is 13.6. The van der Waals surface area contributed by atoms with E-state index in [-0.39, 0.29) is 0 Å². The van der Waals surface area contributed by atoms with E-state index in [9.17, 15) is 0 Å². The smallest absolute Gasteiger partial charge is 0.254 e. The molecule has 2 aromatic heterocycles. The van der Waals surface area contributed by atoms with Crippen LogP contribution in [0.15, 0.2) is 65.8 Å². The van der Waals surface area contributed by atoms with Crippen molar-refractivity contribution in [3.8, 4) is 0 Å². The molecule has 5 nitrogen and oxygen atoms in total. The second-order valence-electron chi connectivity index (χ2n) is 6.96. The molecule has 0 amide bonds. The van der Waals surface area contributed by atoms with Crippen LogP contribution in [0, 0.1) is 6.92 Å². The fraction of sp³-hybridized carbons (Fsp3) is 0.227. The quantitative estimate of drug-likeness (QED) is 0.458. The SMILES string of the molecule is Cc1nc2ncnn2c(N(C)C)c1Cc1ccc(SCc2ccccc2)cc1. The van der Waals surface area contributed by atoms with Crippen molar-refractivity contribution in [2.75, 3.05) is 19.0 Å². The molecule has 0 spiro atoms. The Morgan fingerprint density at radius 1 is 0.964 bits per heavy atom. The van der Waals surface area contributed by atoms with E-state index >= 15 is 0 Å². The Balaban J connectivity index is 1.54. The highest BCUT2D eigenvalue weighted by Crippen LogP contribution is 2.27. The van der Waals surface area contributed by atoms with Crippen molar-refractivity contribution >= 4 is 23.4 Å². The summed E-state index contributed by atoms with van der Waals surface area (Å²) in [4.78, 5) is 12.2. The summed E-state index contributed by atoms with van der Waals surface area (Å²) < 4.78 is 1.81. The van der Waals surface area contributed by atoms with Crippen molar-refractivity contribution in [1.82, 2.24) is 19.6 Å². The summed E-state index contributed by atoms with van der Waals surface area (Å²) in [5.74, 6) is 2.65. The Hall–Kier alpha value is -2.86. The van der Waals surface area contributed by atoms with Crippen LogP contribution < -0.4 is 4.90 Å². The fourth-order valence-electron chi connectivity index (χ4n) is 3.28. The lowest BCUT2D eigenvalue weighted by molar-refractivity contribution is 0.863. The molecule has 0 radical (unpaired) electrons. The van der Waals surface area contributed by atoms with E-state index in [1.165, 1.54) is 21.6 Å². The van der Waals surface area contributed by atoms with Gasteiger partial charge in [-0.1, -0.05) is 42.5 Å². The Morgan fingerprint density at radius 2 is 1.71 bits per heavy atom. The maximum atomic E-state index is 4.61. The van der Waals surface area contributed by atoms with E-state index in [4.69, 9.17) is 0 Å². The normalized spacial score (nSPS) is 11.1. The number of rotatable bonds is 6. The van der Waals surface area contributed by atoms with Gasteiger partial charge in [0, 0.05) is 42.4 Å². The lowest BCUT2D eigenvalue weighted by atomic mass is 10.0. The van der Waals surface area contributed by atoms with Gasteiger partial charge in [-0.05, 0) is 30.2 Å². The molecule has 142 valence electrons. The molecule has 0 aliphatic heterocycles. The van der Waals surface area contributed by atoms with Gasteiger partial charge in [0.1, 0.15) is 12.1 Å². The zero-order valence-corrected chi connectivity index (χ0v) is 17.1. The number of nitrogens with zero attached hydrogens (tertiary/aromatic N) is 5. The molecular formula is C22H23N5S. The third-order valence-corrected chi connectivity index (χ3v) is 5.76. The molecule has 28 heavy (non-hydrogen) atoms. The van der Waals surface area contributed by atoms with E-state index in [0.29, 0.717) is 5.78 Å². The van der Waals surface area contributed by atoms with Crippen LogP contribution in [-0.2, 0) is 12.2 Å². The van der Waals surface area contributed by atoms with Gasteiger partial charge in [0.2, 0.25) is 0 Å². The van der Waals surface area contributed by atoms with Crippen LogP contribution in [0.2, 0.25) is 0 Å². The van der Waals surface area contributed by atoms with E-state index in [1.807, 2.05) is 37.3 Å². The minimum Gasteiger partial charge on any atom is -0.362 e. The number of hydrogen-bond acceptors (Lipinski definition) is 5. The van der Waals surface area contributed by atoms with Crippen LogP contribution >= 0.6 is 11.8 Å². The summed E-state index contributed by atoms with van der Waals surface area (Å²) in [6.45, 7) is 2.04. The molecule has 0 atom stereocenters. The van der Waals surface area contributed by atoms with E-state index in [1.54, 1.807) is 6.33 Å². The molecule has 0 aliphatic carbocycles. The van der Waals surface area contributed by atoms with Crippen molar-refractivity contribution in [3.05, 3.63) is 83.3 Å². The van der Waals surface area contributed by atoms with E-state index in [2.05, 4.69) is 74.6 Å². The molecule has 4 aromatic rings. The summed E-state index contributed by atoms with van der Waals surface area (Å²) in [7, 11) is 4.06.